The van der Waals surface area contributed by atoms with E-state index in [0.717, 1.165) is 12.1 Å². The number of benzene rings is 1. The molecule has 0 aliphatic heterocycles. The van der Waals surface area contributed by atoms with Crippen LogP contribution >= 0.6 is 34.8 Å². The van der Waals surface area contributed by atoms with Crippen molar-refractivity contribution in [3.05, 3.63) is 33.6 Å². The highest BCUT2D eigenvalue weighted by Crippen LogP contribution is 2.24. The average Bonchev–Trinajstić information content (AvgIpc) is 2.02. The fourth-order valence-corrected chi connectivity index (χ4v) is 1.41. The number of alkyl halides is 1. The molecule has 0 heterocycles. The van der Waals surface area contributed by atoms with Crippen LogP contribution in [0.3, 0.4) is 0 Å². The van der Waals surface area contributed by atoms with E-state index in [4.69, 9.17) is 34.8 Å². The van der Waals surface area contributed by atoms with Gasteiger partial charge in [-0.15, -0.1) is 11.6 Å². The minimum absolute atomic E-state index is 0.185. The maximum atomic E-state index is 12.7. The average molecular weight is 237 g/mol. The van der Waals surface area contributed by atoms with E-state index in [1.807, 2.05) is 0 Å². The summed E-state index contributed by atoms with van der Waals surface area (Å²) in [7, 11) is 0. The molecule has 0 atom stereocenters. The highest BCUT2D eigenvalue weighted by molar-refractivity contribution is 6.36. The molecule has 0 aliphatic rings. The van der Waals surface area contributed by atoms with Crippen molar-refractivity contribution in [1.29, 1.82) is 0 Å². The van der Waals surface area contributed by atoms with Gasteiger partial charge in [0.25, 0.3) is 0 Å². The zero-order valence-corrected chi connectivity index (χ0v) is 8.64. The highest BCUT2D eigenvalue weighted by Gasteiger charge is 2.05. The third-order valence-electron chi connectivity index (χ3n) is 1.29. The number of rotatable bonds is 0. The van der Waals surface area contributed by atoms with Crippen molar-refractivity contribution in [2.75, 3.05) is 5.88 Å². The Labute approximate surface area is 90.6 Å². The Morgan fingerprint density at radius 1 is 1.23 bits per heavy atom. The van der Waals surface area contributed by atoms with Crippen LogP contribution in [0, 0.1) is 17.7 Å². The molecule has 1 rings (SSSR count). The van der Waals surface area contributed by atoms with E-state index >= 15 is 0 Å². The molecule has 4 heteroatoms. The zero-order valence-electron chi connectivity index (χ0n) is 6.37. The van der Waals surface area contributed by atoms with Gasteiger partial charge in [-0.3, -0.25) is 0 Å². The van der Waals surface area contributed by atoms with E-state index in [0.29, 0.717) is 5.56 Å². The molecule has 0 saturated heterocycles. The van der Waals surface area contributed by atoms with Gasteiger partial charge in [-0.2, -0.15) is 0 Å². The van der Waals surface area contributed by atoms with Crippen LogP contribution in [-0.4, -0.2) is 5.88 Å². The first-order chi connectivity index (χ1) is 6.15. The van der Waals surface area contributed by atoms with Gasteiger partial charge < -0.3 is 0 Å². The van der Waals surface area contributed by atoms with Crippen molar-refractivity contribution < 1.29 is 4.39 Å². The molecule has 0 bridgehead atoms. The maximum absolute atomic E-state index is 12.7. The first-order valence-corrected chi connectivity index (χ1v) is 4.63. The molecule has 0 amide bonds. The van der Waals surface area contributed by atoms with Gasteiger partial charge in [0, 0.05) is 0 Å². The molecule has 0 aromatic heterocycles. The van der Waals surface area contributed by atoms with Gasteiger partial charge in [-0.1, -0.05) is 35.0 Å². The van der Waals surface area contributed by atoms with Crippen molar-refractivity contribution in [3.63, 3.8) is 0 Å². The summed E-state index contributed by atoms with van der Waals surface area (Å²) in [4.78, 5) is 0. The Morgan fingerprint density at radius 3 is 2.23 bits per heavy atom. The maximum Gasteiger partial charge on any atom is 0.126 e. The lowest BCUT2D eigenvalue weighted by Gasteiger charge is -1.98. The van der Waals surface area contributed by atoms with Crippen LogP contribution in [0.5, 0.6) is 0 Å². The molecule has 0 fully saturated rings. The minimum atomic E-state index is -0.480. The van der Waals surface area contributed by atoms with Gasteiger partial charge in [0.2, 0.25) is 0 Å². The number of hydrogen-bond acceptors (Lipinski definition) is 0. The zero-order chi connectivity index (χ0) is 9.84. The molecule has 13 heavy (non-hydrogen) atoms. The summed E-state index contributed by atoms with van der Waals surface area (Å²) >= 11 is 16.8. The summed E-state index contributed by atoms with van der Waals surface area (Å²) < 4.78 is 12.7. The van der Waals surface area contributed by atoms with Gasteiger partial charge in [-0.05, 0) is 12.1 Å². The Balaban J connectivity index is 3.21. The van der Waals surface area contributed by atoms with Crippen molar-refractivity contribution >= 4 is 34.8 Å². The molecule has 1 aromatic rings. The van der Waals surface area contributed by atoms with Crippen LogP contribution in [0.15, 0.2) is 12.1 Å². The van der Waals surface area contributed by atoms with Crippen molar-refractivity contribution in [2.45, 2.75) is 0 Å². The van der Waals surface area contributed by atoms with Crippen LogP contribution in [0.4, 0.5) is 4.39 Å². The minimum Gasteiger partial charge on any atom is -0.207 e. The molecule has 68 valence electrons. The van der Waals surface area contributed by atoms with Gasteiger partial charge in [-0.25, -0.2) is 4.39 Å². The van der Waals surface area contributed by atoms with E-state index in [1.54, 1.807) is 0 Å². The van der Waals surface area contributed by atoms with E-state index in [1.165, 1.54) is 0 Å². The predicted molar refractivity (Wildman–Crippen MR) is 54.0 cm³/mol. The van der Waals surface area contributed by atoms with E-state index < -0.39 is 5.82 Å². The summed E-state index contributed by atoms with van der Waals surface area (Å²) in [6, 6.07) is 2.32. The lowest BCUT2D eigenvalue weighted by molar-refractivity contribution is 0.628. The third kappa shape index (κ3) is 2.77. The van der Waals surface area contributed by atoms with Gasteiger partial charge in [0.15, 0.2) is 0 Å². The second-order valence-electron chi connectivity index (χ2n) is 2.18. The third-order valence-corrected chi connectivity index (χ3v) is 2.02. The Bertz CT molecular complexity index is 353. The number of hydrogen-bond donors (Lipinski definition) is 0. The van der Waals surface area contributed by atoms with Gasteiger partial charge in [0.05, 0.1) is 21.5 Å². The Kier molecular flexibility index (Phi) is 3.87. The van der Waals surface area contributed by atoms with Crippen molar-refractivity contribution in [1.82, 2.24) is 0 Å². The summed E-state index contributed by atoms with van der Waals surface area (Å²) in [5, 5.41) is 0.394. The van der Waals surface area contributed by atoms with Crippen LogP contribution < -0.4 is 0 Å². The fourth-order valence-electron chi connectivity index (χ4n) is 0.783. The summed E-state index contributed by atoms with van der Waals surface area (Å²) in [6.45, 7) is 0. The van der Waals surface area contributed by atoms with Crippen molar-refractivity contribution in [2.24, 2.45) is 0 Å². The fraction of sp³-hybridized carbons (Fsp3) is 0.111. The SMILES string of the molecule is Fc1cc(Cl)c(C#CCCl)c(Cl)c1. The first-order valence-electron chi connectivity index (χ1n) is 3.34. The normalized spacial score (nSPS) is 9.23. The van der Waals surface area contributed by atoms with Crippen molar-refractivity contribution in [3.8, 4) is 11.8 Å². The smallest absolute Gasteiger partial charge is 0.126 e. The number of halogens is 4. The predicted octanol–water partition coefficient (Wildman–Crippen LogP) is 3.72. The summed E-state index contributed by atoms with van der Waals surface area (Å²) in [5.74, 6) is 4.94. The van der Waals surface area contributed by atoms with E-state index in [9.17, 15) is 4.39 Å². The highest BCUT2D eigenvalue weighted by atomic mass is 35.5. The molecular formula is C9H4Cl3F. The molecule has 1 aromatic carbocycles. The summed E-state index contributed by atoms with van der Waals surface area (Å²) in [6.07, 6.45) is 0. The Hall–Kier alpha value is -0.420. The lowest BCUT2D eigenvalue weighted by atomic mass is 10.2. The monoisotopic (exact) mass is 236 g/mol. The summed E-state index contributed by atoms with van der Waals surface area (Å²) in [5.41, 5.74) is 0.408. The second kappa shape index (κ2) is 4.72. The molecular weight excluding hydrogens is 233 g/mol. The molecule has 0 nitrogen and oxygen atoms in total. The topological polar surface area (TPSA) is 0 Å². The second-order valence-corrected chi connectivity index (χ2v) is 3.26. The molecule has 0 saturated carbocycles. The Morgan fingerprint density at radius 2 is 1.77 bits per heavy atom. The van der Waals surface area contributed by atoms with E-state index in [2.05, 4.69) is 11.8 Å². The van der Waals surface area contributed by atoms with Crippen LogP contribution in [0.25, 0.3) is 0 Å². The molecule has 0 N–H and O–H groups in total. The molecule has 0 radical (unpaired) electrons. The molecule has 0 unspecified atom stereocenters. The first kappa shape index (κ1) is 10.7. The van der Waals surface area contributed by atoms with Crippen LogP contribution in [0.2, 0.25) is 10.0 Å². The van der Waals surface area contributed by atoms with Crippen LogP contribution in [-0.2, 0) is 0 Å². The molecule has 0 spiro atoms. The van der Waals surface area contributed by atoms with Gasteiger partial charge >= 0.3 is 0 Å². The van der Waals surface area contributed by atoms with Crippen LogP contribution in [0.1, 0.15) is 5.56 Å². The lowest BCUT2D eigenvalue weighted by Crippen LogP contribution is -1.83. The standard InChI is InChI=1S/C9H4Cl3F/c10-3-1-2-7-8(11)4-6(13)5-9(7)12/h4-5H,3H2. The largest absolute Gasteiger partial charge is 0.207 e. The quantitative estimate of drug-likeness (QED) is 0.476. The van der Waals surface area contributed by atoms with E-state index in [-0.39, 0.29) is 15.9 Å². The molecule has 0 aliphatic carbocycles. The van der Waals surface area contributed by atoms with Gasteiger partial charge in [0.1, 0.15) is 5.82 Å².